The number of hydrogen-bond donors (Lipinski definition) is 0. The normalized spacial score (nSPS) is 30.9. The third-order valence-corrected chi connectivity index (χ3v) is 2.40. The molecule has 0 radical (unpaired) electrons. The molecule has 0 bridgehead atoms. The Hall–Kier alpha value is -1.33. The van der Waals surface area contributed by atoms with E-state index in [1.165, 1.54) is 5.56 Å². The average molecular weight is 173 g/mol. The van der Waals surface area contributed by atoms with Crippen LogP contribution in [0.15, 0.2) is 30.3 Å². The van der Waals surface area contributed by atoms with Gasteiger partial charge in [0.05, 0.1) is 6.07 Å². The fourth-order valence-electron chi connectivity index (χ4n) is 1.53. The Morgan fingerprint density at radius 1 is 1.46 bits per heavy atom. The monoisotopic (exact) mass is 173 g/mol. The Balaban J connectivity index is 2.05. The van der Waals surface area contributed by atoms with Gasteiger partial charge in [-0.25, -0.2) is 0 Å². The van der Waals surface area contributed by atoms with E-state index in [9.17, 15) is 0 Å². The molecule has 1 aliphatic rings. The van der Waals surface area contributed by atoms with Crippen LogP contribution in [-0.2, 0) is 11.2 Å². The van der Waals surface area contributed by atoms with E-state index in [-0.39, 0.29) is 11.7 Å². The molecular weight excluding hydrogens is 162 g/mol. The maximum absolute atomic E-state index is 8.64. The van der Waals surface area contributed by atoms with Crippen molar-refractivity contribution in [2.75, 3.05) is 0 Å². The summed E-state index contributed by atoms with van der Waals surface area (Å²) < 4.78 is 5.30. The Kier molecular flexibility index (Phi) is 1.82. The van der Waals surface area contributed by atoms with Crippen molar-refractivity contribution in [2.24, 2.45) is 0 Å². The van der Waals surface area contributed by atoms with Crippen LogP contribution in [0.2, 0.25) is 0 Å². The molecule has 1 aromatic carbocycles. The van der Waals surface area contributed by atoms with Gasteiger partial charge in [-0.05, 0) is 12.5 Å². The third kappa shape index (κ3) is 1.56. The van der Waals surface area contributed by atoms with Gasteiger partial charge < -0.3 is 4.74 Å². The SMILES string of the molecule is CC1(Cc2ccccc2)OC1C#N. The fourth-order valence-corrected chi connectivity index (χ4v) is 1.53. The van der Waals surface area contributed by atoms with Gasteiger partial charge in [-0.15, -0.1) is 0 Å². The first-order valence-electron chi connectivity index (χ1n) is 4.36. The van der Waals surface area contributed by atoms with Crippen LogP contribution in [0.1, 0.15) is 12.5 Å². The zero-order valence-electron chi connectivity index (χ0n) is 7.53. The molecule has 1 saturated heterocycles. The quantitative estimate of drug-likeness (QED) is 0.640. The van der Waals surface area contributed by atoms with E-state index in [1.807, 2.05) is 25.1 Å². The van der Waals surface area contributed by atoms with E-state index in [0.717, 1.165) is 6.42 Å². The predicted octanol–water partition coefficient (Wildman–Crippen LogP) is 1.91. The highest BCUT2D eigenvalue weighted by Gasteiger charge is 2.52. The molecular formula is C11H11NO. The van der Waals surface area contributed by atoms with Crippen LogP contribution in [0.5, 0.6) is 0 Å². The average Bonchev–Trinajstić information content (AvgIpc) is 2.78. The second kappa shape index (κ2) is 2.86. The van der Waals surface area contributed by atoms with Gasteiger partial charge in [-0.2, -0.15) is 5.26 Å². The van der Waals surface area contributed by atoms with Gasteiger partial charge in [0.15, 0.2) is 6.10 Å². The summed E-state index contributed by atoms with van der Waals surface area (Å²) in [6.45, 7) is 1.98. The molecule has 0 aromatic heterocycles. The number of nitrogens with zero attached hydrogens (tertiary/aromatic N) is 1. The number of hydrogen-bond acceptors (Lipinski definition) is 2. The molecule has 0 spiro atoms. The third-order valence-electron chi connectivity index (χ3n) is 2.40. The lowest BCUT2D eigenvalue weighted by Gasteiger charge is -2.03. The molecule has 0 N–H and O–H groups in total. The first-order chi connectivity index (χ1) is 6.24. The minimum atomic E-state index is -0.240. The van der Waals surface area contributed by atoms with E-state index in [0.29, 0.717) is 0 Å². The standard InChI is InChI=1S/C11H11NO/c1-11(10(8-12)13-11)7-9-5-3-2-4-6-9/h2-6,10H,7H2,1H3. The van der Waals surface area contributed by atoms with E-state index in [4.69, 9.17) is 10.00 Å². The van der Waals surface area contributed by atoms with Crippen molar-refractivity contribution in [3.05, 3.63) is 35.9 Å². The van der Waals surface area contributed by atoms with Crippen molar-refractivity contribution in [3.63, 3.8) is 0 Å². The summed E-state index contributed by atoms with van der Waals surface area (Å²) in [5.41, 5.74) is 0.985. The molecule has 66 valence electrons. The van der Waals surface area contributed by atoms with Crippen LogP contribution >= 0.6 is 0 Å². The number of nitriles is 1. The maximum atomic E-state index is 8.64. The van der Waals surface area contributed by atoms with Crippen LogP contribution in [-0.4, -0.2) is 11.7 Å². The van der Waals surface area contributed by atoms with E-state index in [1.54, 1.807) is 0 Å². The second-order valence-electron chi connectivity index (χ2n) is 3.60. The van der Waals surface area contributed by atoms with Crippen LogP contribution in [0.25, 0.3) is 0 Å². The first-order valence-corrected chi connectivity index (χ1v) is 4.36. The number of ether oxygens (including phenoxy) is 1. The van der Waals surface area contributed by atoms with Gasteiger partial charge in [-0.1, -0.05) is 30.3 Å². The smallest absolute Gasteiger partial charge is 0.173 e. The van der Waals surface area contributed by atoms with Crippen LogP contribution in [0.3, 0.4) is 0 Å². The van der Waals surface area contributed by atoms with Gasteiger partial charge in [0.25, 0.3) is 0 Å². The molecule has 2 rings (SSSR count). The molecule has 1 aliphatic heterocycles. The van der Waals surface area contributed by atoms with Gasteiger partial charge in [-0.3, -0.25) is 0 Å². The van der Waals surface area contributed by atoms with Crippen LogP contribution in [0, 0.1) is 11.3 Å². The van der Waals surface area contributed by atoms with Crippen molar-refractivity contribution in [1.82, 2.24) is 0 Å². The highest BCUT2D eigenvalue weighted by atomic mass is 16.6. The zero-order valence-corrected chi connectivity index (χ0v) is 7.53. The number of benzene rings is 1. The van der Waals surface area contributed by atoms with Crippen molar-refractivity contribution < 1.29 is 4.74 Å². The van der Waals surface area contributed by atoms with Crippen LogP contribution in [0.4, 0.5) is 0 Å². The minimum absolute atomic E-state index is 0.215. The van der Waals surface area contributed by atoms with Crippen molar-refractivity contribution >= 4 is 0 Å². The highest BCUT2D eigenvalue weighted by molar-refractivity contribution is 5.23. The van der Waals surface area contributed by atoms with Crippen LogP contribution < -0.4 is 0 Å². The Morgan fingerprint density at radius 2 is 2.15 bits per heavy atom. The first kappa shape index (κ1) is 8.28. The van der Waals surface area contributed by atoms with Crippen molar-refractivity contribution in [3.8, 4) is 6.07 Å². The number of rotatable bonds is 2. The molecule has 13 heavy (non-hydrogen) atoms. The van der Waals surface area contributed by atoms with E-state index in [2.05, 4.69) is 18.2 Å². The molecule has 2 nitrogen and oxygen atoms in total. The molecule has 1 heterocycles. The minimum Gasteiger partial charge on any atom is -0.350 e. The molecule has 0 saturated carbocycles. The lowest BCUT2D eigenvalue weighted by atomic mass is 9.98. The Bertz CT molecular complexity index is 341. The van der Waals surface area contributed by atoms with Crippen molar-refractivity contribution in [1.29, 1.82) is 5.26 Å². The lowest BCUT2D eigenvalue weighted by Crippen LogP contribution is -2.12. The highest BCUT2D eigenvalue weighted by Crippen LogP contribution is 2.38. The number of epoxide rings is 1. The Morgan fingerprint density at radius 3 is 2.69 bits per heavy atom. The second-order valence-corrected chi connectivity index (χ2v) is 3.60. The fraction of sp³-hybridized carbons (Fsp3) is 0.364. The van der Waals surface area contributed by atoms with Gasteiger partial charge in [0.2, 0.25) is 0 Å². The molecule has 2 atom stereocenters. The maximum Gasteiger partial charge on any atom is 0.173 e. The summed E-state index contributed by atoms with van der Waals surface area (Å²) in [4.78, 5) is 0. The molecule has 2 heteroatoms. The summed E-state index contributed by atoms with van der Waals surface area (Å²) in [5.74, 6) is 0. The molecule has 2 unspecified atom stereocenters. The summed E-state index contributed by atoms with van der Waals surface area (Å²) >= 11 is 0. The largest absolute Gasteiger partial charge is 0.350 e. The van der Waals surface area contributed by atoms with Crippen molar-refractivity contribution in [2.45, 2.75) is 25.0 Å². The van der Waals surface area contributed by atoms with E-state index < -0.39 is 0 Å². The summed E-state index contributed by atoms with van der Waals surface area (Å²) in [6.07, 6.45) is 0.610. The van der Waals surface area contributed by atoms with Gasteiger partial charge in [0, 0.05) is 6.42 Å². The molecule has 1 fully saturated rings. The predicted molar refractivity (Wildman–Crippen MR) is 49.0 cm³/mol. The summed E-state index contributed by atoms with van der Waals surface area (Å²) in [5, 5.41) is 8.64. The zero-order chi connectivity index (χ0) is 9.31. The van der Waals surface area contributed by atoms with Gasteiger partial charge >= 0.3 is 0 Å². The van der Waals surface area contributed by atoms with E-state index >= 15 is 0 Å². The molecule has 0 amide bonds. The Labute approximate surface area is 77.8 Å². The molecule has 0 aliphatic carbocycles. The summed E-state index contributed by atoms with van der Waals surface area (Å²) in [6, 6.07) is 12.2. The lowest BCUT2D eigenvalue weighted by molar-refractivity contribution is 0.315. The summed E-state index contributed by atoms with van der Waals surface area (Å²) in [7, 11) is 0. The molecule has 1 aromatic rings. The van der Waals surface area contributed by atoms with Gasteiger partial charge in [0.1, 0.15) is 5.60 Å². The topological polar surface area (TPSA) is 36.3 Å².